The van der Waals surface area contributed by atoms with Crippen molar-refractivity contribution >= 4 is 40.1 Å². The molecule has 1 atom stereocenters. The molecule has 1 spiro atoms. The van der Waals surface area contributed by atoms with Crippen LogP contribution in [0, 0.1) is 0 Å². The van der Waals surface area contributed by atoms with Crippen LogP contribution < -0.4 is 10.6 Å². The van der Waals surface area contributed by atoms with E-state index in [2.05, 4.69) is 27.8 Å². The average Bonchev–Trinajstić information content (AvgIpc) is 3.55. The Labute approximate surface area is 183 Å². The van der Waals surface area contributed by atoms with E-state index in [1.54, 1.807) is 11.3 Å². The third-order valence-corrected chi connectivity index (χ3v) is 7.38. The lowest BCUT2D eigenvalue weighted by atomic mass is 9.96. The first kappa shape index (κ1) is 19.8. The molecular formula is C23H24N4O3S. The number of carbonyl (C=O) groups is 3. The Morgan fingerprint density at radius 2 is 1.97 bits per heavy atom. The molecule has 160 valence electrons. The van der Waals surface area contributed by atoms with Gasteiger partial charge in [-0.1, -0.05) is 37.1 Å². The molecule has 7 nitrogen and oxygen atoms in total. The summed E-state index contributed by atoms with van der Waals surface area (Å²) in [4.78, 5) is 43.4. The lowest BCUT2D eigenvalue weighted by Crippen LogP contribution is -2.45. The quantitative estimate of drug-likeness (QED) is 0.517. The van der Waals surface area contributed by atoms with Crippen LogP contribution in [-0.2, 0) is 9.59 Å². The Morgan fingerprint density at radius 3 is 2.74 bits per heavy atom. The molecule has 1 aliphatic carbocycles. The minimum atomic E-state index is -0.791. The van der Waals surface area contributed by atoms with E-state index in [1.165, 1.54) is 0 Å². The molecule has 31 heavy (non-hydrogen) atoms. The molecule has 5 rings (SSSR count). The Hall–Kier alpha value is -3.13. The lowest BCUT2D eigenvalue weighted by Gasteiger charge is -2.20. The van der Waals surface area contributed by atoms with Gasteiger partial charge in [-0.05, 0) is 35.9 Å². The minimum absolute atomic E-state index is 0.0237. The third-order valence-electron chi connectivity index (χ3n) is 6.39. The van der Waals surface area contributed by atoms with Crippen molar-refractivity contribution in [1.82, 2.24) is 20.5 Å². The molecular weight excluding hydrogens is 412 g/mol. The summed E-state index contributed by atoms with van der Waals surface area (Å²) < 4.78 is 0. The van der Waals surface area contributed by atoms with Gasteiger partial charge in [0, 0.05) is 34.4 Å². The fraction of sp³-hybridized carbons (Fsp3) is 0.348. The van der Waals surface area contributed by atoms with Gasteiger partial charge >= 0.3 is 6.03 Å². The van der Waals surface area contributed by atoms with E-state index in [4.69, 9.17) is 0 Å². The predicted octanol–water partition coefficient (Wildman–Crippen LogP) is 3.34. The summed E-state index contributed by atoms with van der Waals surface area (Å²) in [7, 11) is 0. The highest BCUT2D eigenvalue weighted by atomic mass is 32.1. The number of hydrogen-bond acceptors (Lipinski definition) is 4. The number of nitrogens with one attached hydrogen (secondary N) is 3. The van der Waals surface area contributed by atoms with Crippen molar-refractivity contribution in [3.05, 3.63) is 58.4 Å². The van der Waals surface area contributed by atoms with Gasteiger partial charge in [0.25, 0.3) is 5.91 Å². The maximum atomic E-state index is 12.8. The molecule has 0 radical (unpaired) electrons. The molecule has 2 fully saturated rings. The molecule has 8 heteroatoms. The van der Waals surface area contributed by atoms with Crippen molar-refractivity contribution in [2.75, 3.05) is 13.1 Å². The highest BCUT2D eigenvalue weighted by molar-refractivity contribution is 7.10. The zero-order valence-electron chi connectivity index (χ0n) is 17.0. The Balaban J connectivity index is 1.30. The van der Waals surface area contributed by atoms with Gasteiger partial charge in [0.2, 0.25) is 5.91 Å². The molecule has 3 N–H and O–H groups in total. The van der Waals surface area contributed by atoms with Crippen LogP contribution in [0.1, 0.15) is 42.0 Å². The van der Waals surface area contributed by atoms with Gasteiger partial charge in [0.1, 0.15) is 12.1 Å². The summed E-state index contributed by atoms with van der Waals surface area (Å²) in [5.41, 5.74) is 1.37. The number of H-pyrrole nitrogens is 1. The fourth-order valence-corrected chi connectivity index (χ4v) is 5.63. The molecule has 3 heterocycles. The van der Waals surface area contributed by atoms with Gasteiger partial charge in [-0.25, -0.2) is 4.79 Å². The van der Waals surface area contributed by atoms with Crippen LogP contribution in [-0.4, -0.2) is 46.4 Å². The van der Waals surface area contributed by atoms with Crippen LogP contribution in [0.5, 0.6) is 0 Å². The van der Waals surface area contributed by atoms with Crippen molar-refractivity contribution in [1.29, 1.82) is 0 Å². The number of imide groups is 1. The number of amides is 4. The second kappa shape index (κ2) is 7.85. The fourth-order valence-electron chi connectivity index (χ4n) is 4.79. The number of benzene rings is 1. The number of hydrogen-bond donors (Lipinski definition) is 3. The second-order valence-electron chi connectivity index (χ2n) is 8.27. The number of fused-ring (bicyclic) bond motifs is 1. The zero-order chi connectivity index (χ0) is 21.4. The zero-order valence-corrected chi connectivity index (χ0v) is 17.8. The van der Waals surface area contributed by atoms with Crippen molar-refractivity contribution < 1.29 is 14.4 Å². The van der Waals surface area contributed by atoms with Crippen molar-refractivity contribution in [3.8, 4) is 0 Å². The van der Waals surface area contributed by atoms with Crippen LogP contribution in [0.15, 0.2) is 48.0 Å². The van der Waals surface area contributed by atoms with E-state index in [9.17, 15) is 14.4 Å². The number of aromatic nitrogens is 1. The SMILES string of the molecule is O=C(CN1C(=O)NC2(CCCC2)C1=O)NCC(c1cccs1)c1c[nH]c2ccccc12. The van der Waals surface area contributed by atoms with Crippen LogP contribution in [0.25, 0.3) is 10.9 Å². The number of urea groups is 1. The molecule has 0 bridgehead atoms. The smallest absolute Gasteiger partial charge is 0.325 e. The molecule has 1 aliphatic heterocycles. The molecule has 1 unspecified atom stereocenters. The van der Waals surface area contributed by atoms with E-state index in [1.807, 2.05) is 35.8 Å². The first-order valence-corrected chi connectivity index (χ1v) is 11.5. The molecule has 2 aliphatic rings. The Bertz CT molecular complexity index is 1130. The van der Waals surface area contributed by atoms with Gasteiger partial charge in [-0.3, -0.25) is 14.5 Å². The van der Waals surface area contributed by atoms with Crippen LogP contribution in [0.3, 0.4) is 0 Å². The molecule has 1 saturated carbocycles. The Morgan fingerprint density at radius 1 is 1.16 bits per heavy atom. The number of para-hydroxylation sites is 1. The van der Waals surface area contributed by atoms with Crippen molar-refractivity contribution in [2.45, 2.75) is 37.1 Å². The molecule has 2 aromatic heterocycles. The second-order valence-corrected chi connectivity index (χ2v) is 9.25. The van der Waals surface area contributed by atoms with Crippen LogP contribution >= 0.6 is 11.3 Å². The first-order chi connectivity index (χ1) is 15.1. The largest absolute Gasteiger partial charge is 0.361 e. The van der Waals surface area contributed by atoms with Gasteiger partial charge in [0.15, 0.2) is 0 Å². The van der Waals surface area contributed by atoms with Gasteiger partial charge < -0.3 is 15.6 Å². The highest BCUT2D eigenvalue weighted by Crippen LogP contribution is 2.35. The monoisotopic (exact) mass is 436 g/mol. The van der Waals surface area contributed by atoms with E-state index < -0.39 is 11.6 Å². The van der Waals surface area contributed by atoms with Crippen molar-refractivity contribution in [2.24, 2.45) is 0 Å². The summed E-state index contributed by atoms with van der Waals surface area (Å²) in [6.07, 6.45) is 5.12. The van der Waals surface area contributed by atoms with Crippen LogP contribution in [0.2, 0.25) is 0 Å². The number of thiophene rings is 1. The summed E-state index contributed by atoms with van der Waals surface area (Å²) in [6.45, 7) is 0.132. The van der Waals surface area contributed by atoms with Crippen molar-refractivity contribution in [3.63, 3.8) is 0 Å². The summed E-state index contributed by atoms with van der Waals surface area (Å²) in [5.74, 6) is -0.624. The number of carbonyl (C=O) groups excluding carboxylic acids is 3. The molecule has 1 saturated heterocycles. The van der Waals surface area contributed by atoms with E-state index in [-0.39, 0.29) is 24.3 Å². The first-order valence-electron chi connectivity index (χ1n) is 10.6. The van der Waals surface area contributed by atoms with Gasteiger partial charge in [0.05, 0.1) is 0 Å². The maximum absolute atomic E-state index is 12.8. The van der Waals surface area contributed by atoms with Gasteiger partial charge in [-0.15, -0.1) is 11.3 Å². The van der Waals surface area contributed by atoms with Crippen LogP contribution in [0.4, 0.5) is 4.79 Å². The van der Waals surface area contributed by atoms with Gasteiger partial charge in [-0.2, -0.15) is 0 Å². The highest BCUT2D eigenvalue weighted by Gasteiger charge is 2.52. The summed E-state index contributed by atoms with van der Waals surface area (Å²) >= 11 is 1.64. The summed E-state index contributed by atoms with van der Waals surface area (Å²) in [6, 6.07) is 11.7. The minimum Gasteiger partial charge on any atom is -0.361 e. The lowest BCUT2D eigenvalue weighted by molar-refractivity contribution is -0.134. The Kier molecular flexibility index (Phi) is 5.02. The number of nitrogens with zero attached hydrogens (tertiary/aromatic N) is 1. The van der Waals surface area contributed by atoms with E-state index >= 15 is 0 Å². The molecule has 1 aromatic carbocycles. The normalized spacial score (nSPS) is 18.6. The third kappa shape index (κ3) is 3.50. The maximum Gasteiger partial charge on any atom is 0.325 e. The number of rotatable bonds is 6. The predicted molar refractivity (Wildman–Crippen MR) is 119 cm³/mol. The van der Waals surface area contributed by atoms with E-state index in [0.717, 1.165) is 39.1 Å². The topological polar surface area (TPSA) is 94.3 Å². The standard InChI is InChI=1S/C23H24N4O3S/c28-20(14-27-21(29)23(26-22(27)30)9-3-4-10-23)25-13-17(19-8-5-11-31-19)16-12-24-18-7-2-1-6-15(16)18/h1-2,5-8,11-12,17,24H,3-4,9-10,13-14H2,(H,25,28)(H,26,30). The number of aromatic amines is 1. The molecule has 4 amide bonds. The van der Waals surface area contributed by atoms with E-state index in [0.29, 0.717) is 19.4 Å². The molecule has 3 aromatic rings. The average molecular weight is 437 g/mol. The summed E-state index contributed by atoms with van der Waals surface area (Å²) in [5, 5.41) is 8.91.